The molecule has 0 radical (unpaired) electrons. The molecular weight excluding hydrogens is 285 g/mol. The molecule has 0 aliphatic rings. The Morgan fingerprint density at radius 2 is 1.71 bits per heavy atom. The number of carbonyl (C=O) groups excluding carboxylic acids is 1. The van der Waals surface area contributed by atoms with Crippen molar-refractivity contribution in [3.8, 4) is 0 Å². The van der Waals surface area contributed by atoms with Crippen LogP contribution in [0.4, 0.5) is 4.39 Å². The summed E-state index contributed by atoms with van der Waals surface area (Å²) in [4.78, 5) is 13.9. The second-order valence-corrected chi connectivity index (χ2v) is 5.65. The Bertz CT molecular complexity index is 585. The van der Waals surface area contributed by atoms with Crippen molar-refractivity contribution >= 4 is 18.5 Å². The minimum atomic E-state index is -0.377. The minimum Gasteiger partial charge on any atom is -0.340 e. The van der Waals surface area contributed by atoms with Gasteiger partial charge in [-0.2, -0.15) is 12.6 Å². The molecule has 0 bridgehead atoms. The third kappa shape index (κ3) is 4.60. The average molecular weight is 303 g/mol. The molecule has 1 unspecified atom stereocenters. The van der Waals surface area contributed by atoms with E-state index in [4.69, 9.17) is 0 Å². The number of rotatable bonds is 5. The number of nitrogens with zero attached hydrogens (tertiary/aromatic N) is 1. The van der Waals surface area contributed by atoms with Crippen molar-refractivity contribution in [3.05, 3.63) is 71.5 Å². The first kappa shape index (κ1) is 15.6. The summed E-state index contributed by atoms with van der Waals surface area (Å²) in [6.45, 7) is 0.449. The lowest BCUT2D eigenvalue weighted by Gasteiger charge is -2.21. The molecule has 21 heavy (non-hydrogen) atoms. The molecule has 2 rings (SSSR count). The van der Waals surface area contributed by atoms with Gasteiger partial charge in [-0.1, -0.05) is 42.5 Å². The molecular formula is C17H18FNOS. The summed E-state index contributed by atoms with van der Waals surface area (Å²) in [5.41, 5.74) is 1.98. The Morgan fingerprint density at radius 3 is 2.33 bits per heavy atom. The zero-order chi connectivity index (χ0) is 15.2. The van der Waals surface area contributed by atoms with Gasteiger partial charge in [0.1, 0.15) is 5.82 Å². The number of halogens is 1. The second kappa shape index (κ2) is 7.27. The first-order chi connectivity index (χ1) is 10.1. The van der Waals surface area contributed by atoms with Gasteiger partial charge in [-0.3, -0.25) is 4.79 Å². The molecule has 0 aromatic heterocycles. The summed E-state index contributed by atoms with van der Waals surface area (Å²) < 4.78 is 12.9. The third-order valence-corrected chi connectivity index (χ3v) is 3.67. The summed E-state index contributed by atoms with van der Waals surface area (Å²) in [6, 6.07) is 16.0. The highest BCUT2D eigenvalue weighted by Crippen LogP contribution is 2.12. The Morgan fingerprint density at radius 1 is 1.10 bits per heavy atom. The number of carbonyl (C=O) groups is 1. The summed E-state index contributed by atoms with van der Waals surface area (Å²) in [5, 5.41) is -0.377. The molecule has 0 N–H and O–H groups in total. The van der Waals surface area contributed by atoms with Crippen LogP contribution < -0.4 is 0 Å². The Balaban J connectivity index is 1.93. The van der Waals surface area contributed by atoms with Gasteiger partial charge in [-0.15, -0.1) is 0 Å². The number of hydrogen-bond acceptors (Lipinski definition) is 2. The van der Waals surface area contributed by atoms with Crippen molar-refractivity contribution in [2.24, 2.45) is 0 Å². The smallest absolute Gasteiger partial charge is 0.235 e. The van der Waals surface area contributed by atoms with Gasteiger partial charge in [0.15, 0.2) is 0 Å². The van der Waals surface area contributed by atoms with Crippen LogP contribution in [-0.2, 0) is 17.8 Å². The number of thiol groups is 1. The fourth-order valence-electron chi connectivity index (χ4n) is 2.12. The Labute approximate surface area is 130 Å². The molecule has 2 aromatic rings. The lowest BCUT2D eigenvalue weighted by molar-refractivity contribution is -0.129. The molecule has 0 aliphatic heterocycles. The summed E-state index contributed by atoms with van der Waals surface area (Å²) in [6.07, 6.45) is 0.594. The maximum Gasteiger partial charge on any atom is 0.235 e. The fourth-order valence-corrected chi connectivity index (χ4v) is 2.53. The third-order valence-electron chi connectivity index (χ3n) is 3.27. The average Bonchev–Trinajstić information content (AvgIpc) is 2.49. The van der Waals surface area contributed by atoms with E-state index in [-0.39, 0.29) is 17.0 Å². The fraction of sp³-hybridized carbons (Fsp3) is 0.235. The normalized spacial score (nSPS) is 12.0. The number of amides is 1. The van der Waals surface area contributed by atoms with Gasteiger partial charge in [0.2, 0.25) is 5.91 Å². The molecule has 4 heteroatoms. The molecule has 1 amide bonds. The monoisotopic (exact) mass is 303 g/mol. The lowest BCUT2D eigenvalue weighted by Crippen LogP contribution is -2.34. The van der Waals surface area contributed by atoms with E-state index in [1.54, 1.807) is 24.1 Å². The number of benzene rings is 2. The van der Waals surface area contributed by atoms with Crippen LogP contribution in [0.2, 0.25) is 0 Å². The molecule has 0 heterocycles. The van der Waals surface area contributed by atoms with Gasteiger partial charge in [0.05, 0.1) is 5.25 Å². The molecule has 110 valence electrons. The highest BCUT2D eigenvalue weighted by molar-refractivity contribution is 7.81. The van der Waals surface area contributed by atoms with E-state index in [0.29, 0.717) is 13.0 Å². The standard InChI is InChI=1S/C17H18FNOS/c1-19(12-14-7-9-15(18)10-8-14)17(20)16(21)11-13-5-3-2-4-6-13/h2-10,16,21H,11-12H2,1H3. The molecule has 0 aliphatic carbocycles. The van der Waals surface area contributed by atoms with Crippen LogP contribution in [0.15, 0.2) is 54.6 Å². The van der Waals surface area contributed by atoms with Crippen molar-refractivity contribution in [2.45, 2.75) is 18.2 Å². The molecule has 0 fully saturated rings. The van der Waals surface area contributed by atoms with Crippen LogP contribution >= 0.6 is 12.6 Å². The largest absolute Gasteiger partial charge is 0.340 e. The van der Waals surface area contributed by atoms with E-state index in [0.717, 1.165) is 11.1 Å². The SMILES string of the molecule is CN(Cc1ccc(F)cc1)C(=O)C(S)Cc1ccccc1. The van der Waals surface area contributed by atoms with E-state index >= 15 is 0 Å². The summed E-state index contributed by atoms with van der Waals surface area (Å²) in [7, 11) is 1.74. The minimum absolute atomic E-state index is 0.0356. The predicted octanol–water partition coefficient (Wildman–Crippen LogP) is 3.33. The van der Waals surface area contributed by atoms with Crippen LogP contribution in [0.25, 0.3) is 0 Å². The zero-order valence-electron chi connectivity index (χ0n) is 11.9. The van der Waals surface area contributed by atoms with E-state index in [1.165, 1.54) is 12.1 Å². The van der Waals surface area contributed by atoms with Gasteiger partial charge in [0.25, 0.3) is 0 Å². The van der Waals surface area contributed by atoms with Crippen LogP contribution in [0, 0.1) is 5.82 Å². The second-order valence-electron chi connectivity index (χ2n) is 5.03. The quantitative estimate of drug-likeness (QED) is 0.840. The molecule has 0 saturated carbocycles. The van der Waals surface area contributed by atoms with Gasteiger partial charge >= 0.3 is 0 Å². The maximum atomic E-state index is 12.9. The molecule has 0 spiro atoms. The Hall–Kier alpha value is -1.81. The van der Waals surface area contributed by atoms with E-state index < -0.39 is 0 Å². The maximum absolute atomic E-state index is 12.9. The highest BCUT2D eigenvalue weighted by Gasteiger charge is 2.18. The van der Waals surface area contributed by atoms with E-state index in [9.17, 15) is 9.18 Å². The molecule has 1 atom stereocenters. The van der Waals surface area contributed by atoms with Gasteiger partial charge in [0, 0.05) is 13.6 Å². The van der Waals surface area contributed by atoms with Crippen molar-refractivity contribution in [1.82, 2.24) is 4.90 Å². The van der Waals surface area contributed by atoms with E-state index in [2.05, 4.69) is 12.6 Å². The van der Waals surface area contributed by atoms with Crippen molar-refractivity contribution < 1.29 is 9.18 Å². The van der Waals surface area contributed by atoms with Crippen LogP contribution in [0.5, 0.6) is 0 Å². The van der Waals surface area contributed by atoms with Gasteiger partial charge in [-0.05, 0) is 29.7 Å². The van der Waals surface area contributed by atoms with Crippen LogP contribution in [0.3, 0.4) is 0 Å². The van der Waals surface area contributed by atoms with Gasteiger partial charge in [-0.25, -0.2) is 4.39 Å². The molecule has 2 aromatic carbocycles. The molecule has 0 saturated heterocycles. The first-order valence-corrected chi connectivity index (χ1v) is 7.29. The van der Waals surface area contributed by atoms with Gasteiger partial charge < -0.3 is 4.90 Å². The summed E-state index contributed by atoms with van der Waals surface area (Å²) in [5.74, 6) is -0.310. The Kier molecular flexibility index (Phi) is 5.39. The topological polar surface area (TPSA) is 20.3 Å². The molecule has 2 nitrogen and oxygen atoms in total. The van der Waals surface area contributed by atoms with Crippen molar-refractivity contribution in [3.63, 3.8) is 0 Å². The van der Waals surface area contributed by atoms with Crippen molar-refractivity contribution in [2.75, 3.05) is 7.05 Å². The summed E-state index contributed by atoms with van der Waals surface area (Å²) >= 11 is 4.41. The predicted molar refractivity (Wildman–Crippen MR) is 85.8 cm³/mol. The van der Waals surface area contributed by atoms with Crippen LogP contribution in [0.1, 0.15) is 11.1 Å². The van der Waals surface area contributed by atoms with Crippen LogP contribution in [-0.4, -0.2) is 23.1 Å². The zero-order valence-corrected chi connectivity index (χ0v) is 12.8. The lowest BCUT2D eigenvalue weighted by atomic mass is 10.1. The first-order valence-electron chi connectivity index (χ1n) is 6.77. The highest BCUT2D eigenvalue weighted by atomic mass is 32.1. The van der Waals surface area contributed by atoms with Crippen molar-refractivity contribution in [1.29, 1.82) is 0 Å². The van der Waals surface area contributed by atoms with E-state index in [1.807, 2.05) is 30.3 Å². The number of hydrogen-bond donors (Lipinski definition) is 1.